The van der Waals surface area contributed by atoms with Gasteiger partial charge in [0.1, 0.15) is 11.4 Å². The number of carbonyl (C=O) groups is 2. The summed E-state index contributed by atoms with van der Waals surface area (Å²) in [6, 6.07) is 7.13. The molecule has 0 aliphatic carbocycles. The van der Waals surface area contributed by atoms with Crippen molar-refractivity contribution in [2.75, 3.05) is 31.1 Å². The van der Waals surface area contributed by atoms with Crippen molar-refractivity contribution in [3.8, 4) is 0 Å². The van der Waals surface area contributed by atoms with Gasteiger partial charge in [0.15, 0.2) is 16.7 Å². The number of hydrogen-bond acceptors (Lipinski definition) is 7. The fourth-order valence-corrected chi connectivity index (χ4v) is 4.29. The highest BCUT2D eigenvalue weighted by atomic mass is 35.5. The van der Waals surface area contributed by atoms with Crippen molar-refractivity contribution in [1.29, 1.82) is 0 Å². The van der Waals surface area contributed by atoms with E-state index in [4.69, 9.17) is 20.8 Å². The number of likely N-dealkylation sites (tertiary alicyclic amines) is 1. The van der Waals surface area contributed by atoms with Crippen LogP contribution in [0.1, 0.15) is 62.3 Å². The monoisotopic (exact) mass is 475 g/mol. The molecule has 2 amide bonds. The topological polar surface area (TPSA) is 101 Å². The van der Waals surface area contributed by atoms with Gasteiger partial charge in [0.05, 0.1) is 0 Å². The van der Waals surface area contributed by atoms with E-state index in [1.54, 1.807) is 17.0 Å². The molecule has 178 valence electrons. The van der Waals surface area contributed by atoms with E-state index < -0.39 is 5.60 Å². The molecule has 0 spiro atoms. The fraction of sp³-hybridized carbons (Fsp3) is 0.565. The Morgan fingerprint density at radius 3 is 2.52 bits per heavy atom. The van der Waals surface area contributed by atoms with E-state index in [1.165, 1.54) is 0 Å². The molecule has 2 aliphatic heterocycles. The smallest absolute Gasteiger partial charge is 0.410 e. The molecular formula is C23H30ClN5O4. The van der Waals surface area contributed by atoms with E-state index >= 15 is 0 Å². The molecule has 1 atom stereocenters. The van der Waals surface area contributed by atoms with Crippen LogP contribution in [-0.2, 0) is 4.74 Å². The molecule has 0 aromatic carbocycles. The number of halogens is 1. The van der Waals surface area contributed by atoms with Crippen molar-refractivity contribution < 1.29 is 18.7 Å². The normalized spacial score (nSPS) is 19.6. The van der Waals surface area contributed by atoms with Crippen LogP contribution in [0.5, 0.6) is 0 Å². The lowest BCUT2D eigenvalue weighted by Gasteiger charge is -2.32. The summed E-state index contributed by atoms with van der Waals surface area (Å²) in [6.07, 6.45) is 2.07. The first-order valence-electron chi connectivity index (χ1n) is 11.3. The molecule has 0 saturated carbocycles. The molecule has 10 heteroatoms. The van der Waals surface area contributed by atoms with Gasteiger partial charge in [-0.05, 0) is 64.3 Å². The highest BCUT2D eigenvalue weighted by Gasteiger charge is 2.30. The molecule has 1 N–H and O–H groups in total. The van der Waals surface area contributed by atoms with E-state index in [-0.39, 0.29) is 24.0 Å². The summed E-state index contributed by atoms with van der Waals surface area (Å²) in [4.78, 5) is 28.8. The summed E-state index contributed by atoms with van der Waals surface area (Å²) in [5, 5.41) is 11.4. The first kappa shape index (κ1) is 23.4. The average Bonchev–Trinajstić information content (AvgIpc) is 3.43. The molecule has 2 fully saturated rings. The first-order chi connectivity index (χ1) is 15.7. The molecule has 33 heavy (non-hydrogen) atoms. The molecule has 4 heterocycles. The van der Waals surface area contributed by atoms with Crippen molar-refractivity contribution in [2.24, 2.45) is 0 Å². The molecule has 2 aromatic heterocycles. The Labute approximate surface area is 198 Å². The predicted molar refractivity (Wildman–Crippen MR) is 124 cm³/mol. The quantitative estimate of drug-likeness (QED) is 0.716. The third-order valence-corrected chi connectivity index (χ3v) is 6.07. The van der Waals surface area contributed by atoms with Crippen LogP contribution in [0.15, 0.2) is 28.7 Å². The summed E-state index contributed by atoms with van der Waals surface area (Å²) in [6.45, 7) is 8.23. The average molecular weight is 476 g/mol. The summed E-state index contributed by atoms with van der Waals surface area (Å²) in [7, 11) is 0. The standard InChI is InChI=1S/C23H30ClN5O4/c1-23(2,3)33-22(31)28-11-8-15(9-12-28)17-4-5-18(32-17)21(30)25-16-10-13-29(14-16)20-7-6-19(24)26-27-20/h4-7,15-16H,8-14H2,1-3H3,(H,25,30)/t16-/m0/s1. The number of aromatic nitrogens is 2. The minimum Gasteiger partial charge on any atom is -0.456 e. The maximum Gasteiger partial charge on any atom is 0.410 e. The number of hydrogen-bond donors (Lipinski definition) is 1. The lowest BCUT2D eigenvalue weighted by atomic mass is 9.95. The SMILES string of the molecule is CC(C)(C)OC(=O)N1CCC(c2ccc(C(=O)N[C@H]3CCN(c4ccc(Cl)nn4)C3)o2)CC1. The van der Waals surface area contributed by atoms with Crippen LogP contribution in [0.4, 0.5) is 10.6 Å². The van der Waals surface area contributed by atoms with Crippen molar-refractivity contribution >= 4 is 29.4 Å². The van der Waals surface area contributed by atoms with Gasteiger partial charge in [0.25, 0.3) is 5.91 Å². The first-order valence-corrected chi connectivity index (χ1v) is 11.7. The van der Waals surface area contributed by atoms with E-state index in [0.29, 0.717) is 30.5 Å². The molecular weight excluding hydrogens is 446 g/mol. The van der Waals surface area contributed by atoms with E-state index in [9.17, 15) is 9.59 Å². The summed E-state index contributed by atoms with van der Waals surface area (Å²) >= 11 is 5.80. The van der Waals surface area contributed by atoms with Gasteiger partial charge in [-0.3, -0.25) is 4.79 Å². The molecule has 0 unspecified atom stereocenters. The highest BCUT2D eigenvalue weighted by molar-refractivity contribution is 6.29. The number of carbonyl (C=O) groups excluding carboxylic acids is 2. The second kappa shape index (κ2) is 9.59. The summed E-state index contributed by atoms with van der Waals surface area (Å²) in [5.41, 5.74) is -0.504. The lowest BCUT2D eigenvalue weighted by Crippen LogP contribution is -2.41. The van der Waals surface area contributed by atoms with Crippen LogP contribution in [0.3, 0.4) is 0 Å². The van der Waals surface area contributed by atoms with Crippen LogP contribution in [0.25, 0.3) is 0 Å². The van der Waals surface area contributed by atoms with E-state index in [2.05, 4.69) is 20.4 Å². The number of anilines is 1. The molecule has 0 bridgehead atoms. The van der Waals surface area contributed by atoms with Gasteiger partial charge in [0, 0.05) is 38.1 Å². The molecule has 4 rings (SSSR count). The minimum absolute atomic E-state index is 0.000551. The van der Waals surface area contributed by atoms with E-state index in [0.717, 1.165) is 37.4 Å². The third-order valence-electron chi connectivity index (χ3n) is 5.86. The van der Waals surface area contributed by atoms with Crippen molar-refractivity contribution in [3.05, 3.63) is 40.9 Å². The van der Waals surface area contributed by atoms with Gasteiger partial charge < -0.3 is 24.3 Å². The van der Waals surface area contributed by atoms with E-state index in [1.807, 2.05) is 32.9 Å². The largest absolute Gasteiger partial charge is 0.456 e. The number of nitrogens with one attached hydrogen (secondary N) is 1. The predicted octanol–water partition coefficient (Wildman–Crippen LogP) is 3.85. The van der Waals surface area contributed by atoms with Crippen LogP contribution < -0.4 is 10.2 Å². The van der Waals surface area contributed by atoms with Gasteiger partial charge in [0.2, 0.25) is 0 Å². The second-order valence-electron chi connectivity index (χ2n) is 9.56. The summed E-state index contributed by atoms with van der Waals surface area (Å²) < 4.78 is 11.4. The number of piperidine rings is 1. The van der Waals surface area contributed by atoms with Crippen LogP contribution >= 0.6 is 11.6 Å². The minimum atomic E-state index is -0.504. The van der Waals surface area contributed by atoms with Gasteiger partial charge >= 0.3 is 6.09 Å². The zero-order chi connectivity index (χ0) is 23.6. The molecule has 2 saturated heterocycles. The van der Waals surface area contributed by atoms with Gasteiger partial charge in [-0.1, -0.05) is 11.6 Å². The van der Waals surface area contributed by atoms with Gasteiger partial charge in [-0.25, -0.2) is 4.79 Å². The highest BCUT2D eigenvalue weighted by Crippen LogP contribution is 2.30. The van der Waals surface area contributed by atoms with Crippen molar-refractivity contribution in [3.63, 3.8) is 0 Å². The van der Waals surface area contributed by atoms with Crippen molar-refractivity contribution in [2.45, 2.75) is 57.6 Å². The Morgan fingerprint density at radius 2 is 1.85 bits per heavy atom. The van der Waals surface area contributed by atoms with Crippen LogP contribution in [0, 0.1) is 0 Å². The Hall–Kier alpha value is -2.81. The van der Waals surface area contributed by atoms with Crippen LogP contribution in [-0.4, -0.2) is 64.9 Å². The van der Waals surface area contributed by atoms with Crippen LogP contribution in [0.2, 0.25) is 5.15 Å². The Bertz CT molecular complexity index is 979. The van der Waals surface area contributed by atoms with Crippen molar-refractivity contribution in [1.82, 2.24) is 20.4 Å². The number of ether oxygens (including phenoxy) is 1. The second-order valence-corrected chi connectivity index (χ2v) is 9.95. The fourth-order valence-electron chi connectivity index (χ4n) is 4.19. The Morgan fingerprint density at radius 1 is 1.09 bits per heavy atom. The lowest BCUT2D eigenvalue weighted by molar-refractivity contribution is 0.0200. The molecule has 0 radical (unpaired) electrons. The van der Waals surface area contributed by atoms with Gasteiger partial charge in [-0.2, -0.15) is 0 Å². The number of nitrogens with zero attached hydrogens (tertiary/aromatic N) is 4. The Balaban J connectivity index is 1.27. The van der Waals surface area contributed by atoms with Gasteiger partial charge in [-0.15, -0.1) is 10.2 Å². The number of furan rings is 1. The third kappa shape index (κ3) is 5.96. The zero-order valence-corrected chi connectivity index (χ0v) is 20.0. The summed E-state index contributed by atoms with van der Waals surface area (Å²) in [5.74, 6) is 1.80. The zero-order valence-electron chi connectivity index (χ0n) is 19.2. The Kier molecular flexibility index (Phi) is 6.78. The maximum absolute atomic E-state index is 12.7. The number of amides is 2. The molecule has 2 aromatic rings. The molecule has 9 nitrogen and oxygen atoms in total. The maximum atomic E-state index is 12.7. The number of rotatable bonds is 4. The molecule has 2 aliphatic rings.